The lowest BCUT2D eigenvalue weighted by atomic mass is 9.69. The van der Waals surface area contributed by atoms with Crippen LogP contribution in [0.2, 0.25) is 0 Å². The molecule has 33 heavy (non-hydrogen) atoms. The topological polar surface area (TPSA) is 73.9 Å². The van der Waals surface area contributed by atoms with Gasteiger partial charge in [-0.2, -0.15) is 0 Å². The van der Waals surface area contributed by atoms with Crippen LogP contribution >= 0.6 is 11.3 Å². The van der Waals surface area contributed by atoms with Gasteiger partial charge in [-0.05, 0) is 37.8 Å². The molecule has 1 aliphatic heterocycles. The molecule has 2 aromatic rings. The summed E-state index contributed by atoms with van der Waals surface area (Å²) in [5.41, 5.74) is 2.65. The van der Waals surface area contributed by atoms with Gasteiger partial charge in [0.2, 0.25) is 0 Å². The fraction of sp³-hybridized carbons (Fsp3) is 0.385. The first kappa shape index (κ1) is 23.1. The van der Waals surface area contributed by atoms with Crippen LogP contribution in [0.4, 0.5) is 0 Å². The lowest BCUT2D eigenvalue weighted by molar-refractivity contribution is -0.151. The van der Waals surface area contributed by atoms with Crippen molar-refractivity contribution in [1.29, 1.82) is 0 Å². The Labute approximate surface area is 198 Å². The summed E-state index contributed by atoms with van der Waals surface area (Å²) in [5, 5.41) is 5.33. The molecule has 3 atom stereocenters. The first-order chi connectivity index (χ1) is 15.8. The zero-order valence-corrected chi connectivity index (χ0v) is 20.2. The van der Waals surface area contributed by atoms with Crippen LogP contribution in [0.15, 0.2) is 59.3 Å². The molecule has 0 radical (unpaired) electrons. The van der Waals surface area contributed by atoms with E-state index >= 15 is 0 Å². The number of hydrogen-bond acceptors (Lipinski definition) is 7. The molecule has 174 valence electrons. The van der Waals surface area contributed by atoms with Gasteiger partial charge in [0, 0.05) is 45.7 Å². The fourth-order valence-electron chi connectivity index (χ4n) is 4.85. The third-order valence-electron chi connectivity index (χ3n) is 6.16. The fourth-order valence-corrected chi connectivity index (χ4v) is 5.68. The second-order valence-corrected chi connectivity index (χ2v) is 9.59. The molecule has 0 saturated heterocycles. The minimum Gasteiger partial charge on any atom is -0.493 e. The Morgan fingerprint density at radius 2 is 1.94 bits per heavy atom. The van der Waals surface area contributed by atoms with Gasteiger partial charge in [-0.15, -0.1) is 11.3 Å². The van der Waals surface area contributed by atoms with Crippen LogP contribution in [0.25, 0.3) is 0 Å². The molecule has 1 aromatic carbocycles. The van der Waals surface area contributed by atoms with Crippen molar-refractivity contribution in [3.05, 3.63) is 69.7 Å². The number of carbonyl (C=O) groups excluding carboxylic acids is 2. The first-order valence-electron chi connectivity index (χ1n) is 11.0. The van der Waals surface area contributed by atoms with E-state index in [1.54, 1.807) is 45.5 Å². The summed E-state index contributed by atoms with van der Waals surface area (Å²) < 4.78 is 16.8. The van der Waals surface area contributed by atoms with E-state index in [-0.39, 0.29) is 17.8 Å². The maximum absolute atomic E-state index is 13.6. The summed E-state index contributed by atoms with van der Waals surface area (Å²) in [7, 11) is 3.12. The van der Waals surface area contributed by atoms with E-state index in [4.69, 9.17) is 14.2 Å². The highest BCUT2D eigenvalue weighted by atomic mass is 32.1. The predicted octanol–water partition coefficient (Wildman–Crippen LogP) is 4.93. The molecule has 2 heterocycles. The maximum atomic E-state index is 13.6. The molecule has 0 fully saturated rings. The molecule has 0 amide bonds. The van der Waals surface area contributed by atoms with Gasteiger partial charge in [0.1, 0.15) is 5.92 Å². The van der Waals surface area contributed by atoms with Gasteiger partial charge < -0.3 is 19.5 Å². The number of Topliss-reactive ketones (excluding diaryl/α,β-unsaturated/α-hetero) is 1. The van der Waals surface area contributed by atoms with Crippen molar-refractivity contribution in [1.82, 2.24) is 5.32 Å². The minimum absolute atomic E-state index is 0.0202. The normalized spacial score (nSPS) is 22.6. The van der Waals surface area contributed by atoms with Crippen molar-refractivity contribution in [2.45, 2.75) is 44.6 Å². The van der Waals surface area contributed by atoms with Crippen molar-refractivity contribution in [3.63, 3.8) is 0 Å². The summed E-state index contributed by atoms with van der Waals surface area (Å²) in [6.45, 7) is 7.79. The van der Waals surface area contributed by atoms with Crippen molar-refractivity contribution >= 4 is 23.1 Å². The third kappa shape index (κ3) is 4.29. The Balaban J connectivity index is 1.87. The van der Waals surface area contributed by atoms with Gasteiger partial charge in [-0.25, -0.2) is 0 Å². The van der Waals surface area contributed by atoms with Gasteiger partial charge in [-0.1, -0.05) is 24.8 Å². The van der Waals surface area contributed by atoms with E-state index < -0.39 is 17.8 Å². The molecule has 3 unspecified atom stereocenters. The Morgan fingerprint density at radius 3 is 2.58 bits per heavy atom. The molecule has 1 aliphatic carbocycles. The monoisotopic (exact) mass is 467 g/mol. The van der Waals surface area contributed by atoms with Crippen molar-refractivity contribution in [2.75, 3.05) is 14.2 Å². The number of hydrogen-bond donors (Lipinski definition) is 1. The van der Waals surface area contributed by atoms with E-state index in [1.165, 1.54) is 4.88 Å². The van der Waals surface area contributed by atoms with Gasteiger partial charge in [0.15, 0.2) is 17.3 Å². The van der Waals surface area contributed by atoms with E-state index in [0.29, 0.717) is 41.2 Å². The van der Waals surface area contributed by atoms with E-state index in [1.807, 2.05) is 23.6 Å². The zero-order chi connectivity index (χ0) is 23.7. The molecule has 7 heteroatoms. The van der Waals surface area contributed by atoms with Crippen LogP contribution in [-0.2, 0) is 14.3 Å². The average Bonchev–Trinajstić information content (AvgIpc) is 3.31. The first-order valence-corrected chi connectivity index (χ1v) is 11.9. The Bertz CT molecular complexity index is 1100. The number of ketones is 1. The minimum atomic E-state index is -0.769. The summed E-state index contributed by atoms with van der Waals surface area (Å²) in [6, 6.07) is 9.59. The highest BCUT2D eigenvalue weighted by Gasteiger charge is 2.47. The number of esters is 1. The van der Waals surface area contributed by atoms with E-state index in [2.05, 4.69) is 18.0 Å². The molecular formula is C26H29NO5S. The SMILES string of the molecule is C=C1NC2=C(C(=O)CC(c3cccs3)C2)C(c2cccc(OC)c2OC)C1C(=O)OC(C)C. The van der Waals surface area contributed by atoms with Gasteiger partial charge >= 0.3 is 5.97 Å². The van der Waals surface area contributed by atoms with E-state index in [9.17, 15) is 9.59 Å². The molecule has 2 aliphatic rings. The van der Waals surface area contributed by atoms with Crippen LogP contribution in [0, 0.1) is 5.92 Å². The maximum Gasteiger partial charge on any atom is 0.316 e. The Hall–Kier alpha value is -3.06. The van der Waals surface area contributed by atoms with Gasteiger partial charge in [0.25, 0.3) is 0 Å². The summed E-state index contributed by atoms with van der Waals surface area (Å²) in [6.07, 6.45) is 0.774. The van der Waals surface area contributed by atoms with Crippen LogP contribution in [-0.4, -0.2) is 32.1 Å². The van der Waals surface area contributed by atoms with Crippen molar-refractivity contribution < 1.29 is 23.8 Å². The highest BCUT2D eigenvalue weighted by molar-refractivity contribution is 7.10. The number of thiophene rings is 1. The van der Waals surface area contributed by atoms with Crippen LogP contribution in [0.5, 0.6) is 11.5 Å². The number of para-hydroxylation sites is 1. The lowest BCUT2D eigenvalue weighted by Gasteiger charge is -2.40. The van der Waals surface area contributed by atoms with Gasteiger partial charge in [-0.3, -0.25) is 9.59 Å². The highest BCUT2D eigenvalue weighted by Crippen LogP contribution is 2.50. The number of methoxy groups -OCH3 is 2. The Morgan fingerprint density at radius 1 is 1.15 bits per heavy atom. The number of carbonyl (C=O) groups is 2. The molecular weight excluding hydrogens is 438 g/mol. The van der Waals surface area contributed by atoms with Gasteiger partial charge in [0.05, 0.1) is 20.3 Å². The predicted molar refractivity (Wildman–Crippen MR) is 128 cm³/mol. The molecule has 0 bridgehead atoms. The molecule has 1 aromatic heterocycles. The lowest BCUT2D eigenvalue weighted by Crippen LogP contribution is -2.42. The van der Waals surface area contributed by atoms with Crippen LogP contribution in [0.1, 0.15) is 49.0 Å². The number of ether oxygens (including phenoxy) is 3. The number of benzene rings is 1. The summed E-state index contributed by atoms with van der Waals surface area (Å²) in [4.78, 5) is 28.1. The smallest absolute Gasteiger partial charge is 0.316 e. The molecule has 1 N–H and O–H groups in total. The van der Waals surface area contributed by atoms with Crippen LogP contribution < -0.4 is 14.8 Å². The molecule has 0 spiro atoms. The number of nitrogens with one attached hydrogen (secondary N) is 1. The number of rotatable bonds is 6. The largest absolute Gasteiger partial charge is 0.493 e. The second kappa shape index (κ2) is 9.43. The number of allylic oxidation sites excluding steroid dienone is 2. The van der Waals surface area contributed by atoms with Crippen molar-refractivity contribution in [2.24, 2.45) is 5.92 Å². The summed E-state index contributed by atoms with van der Waals surface area (Å²) in [5.74, 6) is -0.608. The average molecular weight is 468 g/mol. The van der Waals surface area contributed by atoms with E-state index in [0.717, 1.165) is 5.70 Å². The molecule has 6 nitrogen and oxygen atoms in total. The zero-order valence-electron chi connectivity index (χ0n) is 19.3. The van der Waals surface area contributed by atoms with Crippen molar-refractivity contribution in [3.8, 4) is 11.5 Å². The van der Waals surface area contributed by atoms with Crippen LogP contribution in [0.3, 0.4) is 0 Å². The third-order valence-corrected chi connectivity index (χ3v) is 7.19. The summed E-state index contributed by atoms with van der Waals surface area (Å²) >= 11 is 1.66. The standard InChI is InChI=1S/C26H29NO5S/c1-14(2)32-26(29)22-15(3)27-18-12-16(21-10-7-11-33-21)13-19(28)24(18)23(22)17-8-6-9-20(30-4)25(17)31-5/h6-11,14,16,22-23,27H,3,12-13H2,1-2,4-5H3. The Kier molecular flexibility index (Phi) is 6.61. The molecule has 0 saturated carbocycles. The quantitative estimate of drug-likeness (QED) is 0.607. The second-order valence-electron chi connectivity index (χ2n) is 8.61. The molecule has 4 rings (SSSR count).